The van der Waals surface area contributed by atoms with Crippen LogP contribution in [0.25, 0.3) is 0 Å². The molecular formula is C14H25N3O2. The van der Waals surface area contributed by atoms with E-state index in [0.717, 1.165) is 12.8 Å². The molecule has 2 aliphatic rings. The minimum Gasteiger partial charge on any atom is -0.339 e. The van der Waals surface area contributed by atoms with Gasteiger partial charge in [-0.2, -0.15) is 0 Å². The number of rotatable bonds is 2. The molecule has 2 fully saturated rings. The van der Waals surface area contributed by atoms with Crippen molar-refractivity contribution in [2.24, 2.45) is 5.92 Å². The van der Waals surface area contributed by atoms with Crippen LogP contribution in [-0.4, -0.2) is 54.0 Å². The first kappa shape index (κ1) is 14.2. The summed E-state index contributed by atoms with van der Waals surface area (Å²) in [6, 6.07) is 0.409. The third-order valence-electron chi connectivity index (χ3n) is 4.06. The average molecular weight is 267 g/mol. The lowest BCUT2D eigenvalue weighted by atomic mass is 10.1. The van der Waals surface area contributed by atoms with Crippen LogP contribution in [0.1, 0.15) is 39.5 Å². The normalized spacial score (nSPS) is 21.0. The number of nitrogens with one attached hydrogen (secondary N) is 1. The smallest absolute Gasteiger partial charge is 0.317 e. The summed E-state index contributed by atoms with van der Waals surface area (Å²) in [7, 11) is 0. The lowest BCUT2D eigenvalue weighted by Gasteiger charge is -2.36. The highest BCUT2D eigenvalue weighted by Gasteiger charge is 2.26. The molecule has 1 saturated carbocycles. The van der Waals surface area contributed by atoms with Gasteiger partial charge < -0.3 is 15.1 Å². The number of carbonyl (C=O) groups is 2. The van der Waals surface area contributed by atoms with Gasteiger partial charge in [-0.15, -0.1) is 0 Å². The number of piperazine rings is 1. The van der Waals surface area contributed by atoms with Gasteiger partial charge in [0.1, 0.15) is 0 Å². The van der Waals surface area contributed by atoms with E-state index in [2.05, 4.69) is 5.32 Å². The first-order valence-electron chi connectivity index (χ1n) is 7.42. The molecule has 5 nitrogen and oxygen atoms in total. The fraction of sp³-hybridized carbons (Fsp3) is 0.857. The van der Waals surface area contributed by atoms with Crippen LogP contribution in [0.5, 0.6) is 0 Å². The maximum atomic E-state index is 12.1. The van der Waals surface area contributed by atoms with Crippen LogP contribution in [0.4, 0.5) is 4.79 Å². The molecule has 1 aliphatic heterocycles. The van der Waals surface area contributed by atoms with Crippen molar-refractivity contribution < 1.29 is 9.59 Å². The number of hydrogen-bond acceptors (Lipinski definition) is 2. The van der Waals surface area contributed by atoms with E-state index >= 15 is 0 Å². The molecule has 0 unspecified atom stereocenters. The Bertz CT molecular complexity index is 330. The Kier molecular flexibility index (Phi) is 4.66. The quantitative estimate of drug-likeness (QED) is 0.823. The van der Waals surface area contributed by atoms with Gasteiger partial charge in [-0.25, -0.2) is 4.79 Å². The number of amides is 3. The molecule has 0 spiro atoms. The first-order valence-corrected chi connectivity index (χ1v) is 7.42. The van der Waals surface area contributed by atoms with Crippen molar-refractivity contribution >= 4 is 11.9 Å². The Balaban J connectivity index is 1.76. The molecule has 0 bridgehead atoms. The van der Waals surface area contributed by atoms with Crippen LogP contribution in [-0.2, 0) is 4.79 Å². The Morgan fingerprint density at radius 1 is 1.00 bits per heavy atom. The van der Waals surface area contributed by atoms with E-state index in [4.69, 9.17) is 0 Å². The van der Waals surface area contributed by atoms with Crippen molar-refractivity contribution in [3.8, 4) is 0 Å². The summed E-state index contributed by atoms with van der Waals surface area (Å²) >= 11 is 0. The largest absolute Gasteiger partial charge is 0.339 e. The van der Waals surface area contributed by atoms with Gasteiger partial charge in [0.15, 0.2) is 0 Å². The molecule has 0 radical (unpaired) electrons. The second-order valence-electron chi connectivity index (χ2n) is 5.90. The van der Waals surface area contributed by atoms with Gasteiger partial charge in [0, 0.05) is 38.1 Å². The van der Waals surface area contributed by atoms with Crippen LogP contribution >= 0.6 is 0 Å². The van der Waals surface area contributed by atoms with Crippen LogP contribution in [0.3, 0.4) is 0 Å². The Morgan fingerprint density at radius 2 is 1.53 bits per heavy atom. The predicted molar refractivity (Wildman–Crippen MR) is 73.8 cm³/mol. The minimum absolute atomic E-state index is 0.0406. The summed E-state index contributed by atoms with van der Waals surface area (Å²) in [6.07, 6.45) is 4.66. The summed E-state index contributed by atoms with van der Waals surface area (Å²) in [5, 5.41) is 3.10. The van der Waals surface area contributed by atoms with E-state index in [1.54, 1.807) is 0 Å². The molecule has 1 aliphatic carbocycles. The van der Waals surface area contributed by atoms with Gasteiger partial charge in [0.2, 0.25) is 5.91 Å². The Hall–Kier alpha value is -1.26. The zero-order valence-corrected chi connectivity index (χ0v) is 12.0. The van der Waals surface area contributed by atoms with Crippen LogP contribution in [0, 0.1) is 5.92 Å². The zero-order valence-electron chi connectivity index (χ0n) is 12.0. The topological polar surface area (TPSA) is 52.7 Å². The standard InChI is InChI=1S/C14H25N3O2/c1-11(2)13(18)16-7-9-17(10-8-16)14(19)15-12-5-3-4-6-12/h11-12H,3-10H2,1-2H3,(H,15,19). The molecule has 1 heterocycles. The van der Waals surface area contributed by atoms with Crippen molar-refractivity contribution in [2.45, 2.75) is 45.6 Å². The highest BCUT2D eigenvalue weighted by Crippen LogP contribution is 2.18. The van der Waals surface area contributed by atoms with Crippen molar-refractivity contribution in [1.29, 1.82) is 0 Å². The average Bonchev–Trinajstić information content (AvgIpc) is 2.90. The summed E-state index contributed by atoms with van der Waals surface area (Å²) < 4.78 is 0. The predicted octanol–water partition coefficient (Wildman–Crippen LogP) is 1.44. The van der Waals surface area contributed by atoms with Gasteiger partial charge in [0.25, 0.3) is 0 Å². The van der Waals surface area contributed by atoms with E-state index in [1.807, 2.05) is 23.6 Å². The lowest BCUT2D eigenvalue weighted by Crippen LogP contribution is -2.54. The second kappa shape index (κ2) is 6.26. The molecule has 0 aromatic rings. The Labute approximate surface area is 115 Å². The van der Waals surface area contributed by atoms with Crippen LogP contribution in [0.2, 0.25) is 0 Å². The van der Waals surface area contributed by atoms with E-state index in [-0.39, 0.29) is 17.9 Å². The van der Waals surface area contributed by atoms with Crippen LogP contribution in [0.15, 0.2) is 0 Å². The van der Waals surface area contributed by atoms with Crippen LogP contribution < -0.4 is 5.32 Å². The molecule has 1 N–H and O–H groups in total. The van der Waals surface area contributed by atoms with Crippen molar-refractivity contribution in [1.82, 2.24) is 15.1 Å². The Morgan fingerprint density at radius 3 is 2.05 bits per heavy atom. The zero-order chi connectivity index (χ0) is 13.8. The minimum atomic E-state index is 0.0406. The summed E-state index contributed by atoms with van der Waals surface area (Å²) in [5.41, 5.74) is 0. The summed E-state index contributed by atoms with van der Waals surface area (Å²) in [6.45, 7) is 6.46. The van der Waals surface area contributed by atoms with E-state index in [0.29, 0.717) is 32.2 Å². The van der Waals surface area contributed by atoms with E-state index < -0.39 is 0 Å². The molecule has 5 heteroatoms. The van der Waals surface area contributed by atoms with E-state index in [1.165, 1.54) is 12.8 Å². The summed E-state index contributed by atoms with van der Waals surface area (Å²) in [5.74, 6) is 0.231. The van der Waals surface area contributed by atoms with Gasteiger partial charge in [-0.05, 0) is 12.8 Å². The maximum absolute atomic E-state index is 12.1. The SMILES string of the molecule is CC(C)C(=O)N1CCN(C(=O)NC2CCCC2)CC1. The molecule has 108 valence electrons. The highest BCUT2D eigenvalue weighted by atomic mass is 16.2. The molecule has 0 aromatic heterocycles. The molecule has 19 heavy (non-hydrogen) atoms. The molecule has 2 rings (SSSR count). The van der Waals surface area contributed by atoms with Gasteiger partial charge >= 0.3 is 6.03 Å². The fourth-order valence-corrected chi connectivity index (χ4v) is 2.83. The van der Waals surface area contributed by atoms with Crippen molar-refractivity contribution in [3.63, 3.8) is 0 Å². The molecule has 0 aromatic carbocycles. The monoisotopic (exact) mass is 267 g/mol. The lowest BCUT2D eigenvalue weighted by molar-refractivity contribution is -0.135. The van der Waals surface area contributed by atoms with Gasteiger partial charge in [-0.3, -0.25) is 4.79 Å². The second-order valence-corrected chi connectivity index (χ2v) is 5.90. The maximum Gasteiger partial charge on any atom is 0.317 e. The molecular weight excluding hydrogens is 242 g/mol. The highest BCUT2D eigenvalue weighted by molar-refractivity contribution is 5.79. The molecule has 3 amide bonds. The third-order valence-corrected chi connectivity index (χ3v) is 4.06. The van der Waals surface area contributed by atoms with Gasteiger partial charge in [-0.1, -0.05) is 26.7 Å². The summed E-state index contributed by atoms with van der Waals surface area (Å²) in [4.78, 5) is 27.6. The number of hydrogen-bond donors (Lipinski definition) is 1. The molecule has 0 atom stereocenters. The first-order chi connectivity index (χ1) is 9.08. The number of carbonyl (C=O) groups excluding carboxylic acids is 2. The van der Waals surface area contributed by atoms with Crippen molar-refractivity contribution in [2.75, 3.05) is 26.2 Å². The number of nitrogens with zero attached hydrogens (tertiary/aromatic N) is 2. The molecule has 1 saturated heterocycles. The number of urea groups is 1. The fourth-order valence-electron chi connectivity index (χ4n) is 2.83. The van der Waals surface area contributed by atoms with Gasteiger partial charge in [0.05, 0.1) is 0 Å². The van der Waals surface area contributed by atoms with E-state index in [9.17, 15) is 9.59 Å². The third kappa shape index (κ3) is 3.61. The van der Waals surface area contributed by atoms with Crippen molar-refractivity contribution in [3.05, 3.63) is 0 Å².